The van der Waals surface area contributed by atoms with Crippen molar-refractivity contribution in [3.63, 3.8) is 0 Å². The normalized spacial score (nSPS) is 10.9. The van der Waals surface area contributed by atoms with Crippen molar-refractivity contribution in [2.45, 2.75) is 13.3 Å². The first-order valence-corrected chi connectivity index (χ1v) is 6.44. The van der Waals surface area contributed by atoms with Gasteiger partial charge in [-0.25, -0.2) is 4.98 Å². The van der Waals surface area contributed by atoms with Crippen LogP contribution < -0.4 is 5.32 Å². The van der Waals surface area contributed by atoms with Gasteiger partial charge < -0.3 is 10.3 Å². The molecule has 0 fully saturated rings. The number of hydrogen-bond donors (Lipinski definition) is 2. The number of benzene rings is 1. The number of fused-ring (bicyclic) bond motifs is 1. The number of aromatic nitrogens is 4. The lowest BCUT2D eigenvalue weighted by Gasteiger charge is -2.04. The van der Waals surface area contributed by atoms with E-state index in [9.17, 15) is 4.79 Å². The Morgan fingerprint density at radius 2 is 2.30 bits per heavy atom. The Morgan fingerprint density at radius 1 is 1.45 bits per heavy atom. The van der Waals surface area contributed by atoms with Crippen LogP contribution in [0.2, 0.25) is 0 Å². The number of H-pyrrole nitrogens is 1. The molecule has 0 unspecified atom stereocenters. The molecule has 0 spiro atoms. The summed E-state index contributed by atoms with van der Waals surface area (Å²) in [6, 6.07) is 5.38. The Morgan fingerprint density at radius 3 is 3.10 bits per heavy atom. The van der Waals surface area contributed by atoms with Crippen LogP contribution in [-0.2, 0) is 13.5 Å². The molecule has 3 aromatic rings. The minimum Gasteiger partial charge on any atom is -0.345 e. The minimum atomic E-state index is -0.149. The van der Waals surface area contributed by atoms with Gasteiger partial charge in [-0.1, -0.05) is 6.92 Å². The topological polar surface area (TPSA) is 75.6 Å². The van der Waals surface area contributed by atoms with Crippen LogP contribution in [0.1, 0.15) is 23.0 Å². The number of hydrogen-bond acceptors (Lipinski definition) is 3. The Labute approximate surface area is 115 Å². The average Bonchev–Trinajstić information content (AvgIpc) is 3.03. The van der Waals surface area contributed by atoms with Crippen molar-refractivity contribution in [2.24, 2.45) is 7.05 Å². The maximum Gasteiger partial charge on any atom is 0.255 e. The first-order valence-electron chi connectivity index (χ1n) is 6.44. The molecule has 2 heterocycles. The van der Waals surface area contributed by atoms with Crippen molar-refractivity contribution in [1.29, 1.82) is 0 Å². The fraction of sp³-hybridized carbons (Fsp3) is 0.214. The number of carbonyl (C=O) groups is 1. The monoisotopic (exact) mass is 269 g/mol. The van der Waals surface area contributed by atoms with Crippen LogP contribution in [0.3, 0.4) is 0 Å². The molecule has 20 heavy (non-hydrogen) atoms. The smallest absolute Gasteiger partial charge is 0.255 e. The quantitative estimate of drug-likeness (QED) is 0.764. The predicted molar refractivity (Wildman–Crippen MR) is 76.6 cm³/mol. The molecule has 1 amide bonds. The molecule has 0 aliphatic carbocycles. The molecule has 3 rings (SSSR count). The molecule has 0 radical (unpaired) electrons. The molecule has 6 heteroatoms. The van der Waals surface area contributed by atoms with Crippen molar-refractivity contribution < 1.29 is 4.79 Å². The second-order valence-corrected chi connectivity index (χ2v) is 4.61. The van der Waals surface area contributed by atoms with Gasteiger partial charge in [0.2, 0.25) is 0 Å². The van der Waals surface area contributed by atoms with Crippen LogP contribution in [0.25, 0.3) is 11.0 Å². The molecule has 0 aliphatic heterocycles. The summed E-state index contributed by atoms with van der Waals surface area (Å²) in [5, 5.41) is 7.20. The van der Waals surface area contributed by atoms with E-state index in [1.165, 1.54) is 0 Å². The highest BCUT2D eigenvalue weighted by atomic mass is 16.1. The van der Waals surface area contributed by atoms with Crippen LogP contribution in [0, 0.1) is 0 Å². The lowest BCUT2D eigenvalue weighted by molar-refractivity contribution is 0.102. The van der Waals surface area contributed by atoms with Crippen molar-refractivity contribution in [2.75, 3.05) is 5.32 Å². The molecule has 2 aromatic heterocycles. The molecular weight excluding hydrogens is 254 g/mol. The Kier molecular flexibility index (Phi) is 2.98. The largest absolute Gasteiger partial charge is 0.345 e. The maximum atomic E-state index is 12.3. The number of amides is 1. The fourth-order valence-corrected chi connectivity index (χ4v) is 2.17. The van der Waals surface area contributed by atoms with Crippen molar-refractivity contribution >= 4 is 22.6 Å². The van der Waals surface area contributed by atoms with E-state index in [-0.39, 0.29) is 5.91 Å². The zero-order valence-electron chi connectivity index (χ0n) is 11.3. The van der Waals surface area contributed by atoms with E-state index in [2.05, 4.69) is 20.4 Å². The lowest BCUT2D eigenvalue weighted by Crippen LogP contribution is -2.12. The Balaban J connectivity index is 1.88. The zero-order valence-corrected chi connectivity index (χ0v) is 11.3. The molecule has 0 saturated carbocycles. The summed E-state index contributed by atoms with van der Waals surface area (Å²) in [5.74, 6) is -0.149. The molecule has 6 nitrogen and oxygen atoms in total. The molecule has 0 saturated heterocycles. The maximum absolute atomic E-state index is 12.3. The van der Waals surface area contributed by atoms with Gasteiger partial charge in [0.15, 0.2) is 0 Å². The van der Waals surface area contributed by atoms with Gasteiger partial charge in [0.1, 0.15) is 0 Å². The van der Waals surface area contributed by atoms with Gasteiger partial charge >= 0.3 is 0 Å². The first kappa shape index (κ1) is 12.4. The van der Waals surface area contributed by atoms with Gasteiger partial charge in [0.05, 0.1) is 28.7 Å². The second kappa shape index (κ2) is 4.80. The summed E-state index contributed by atoms with van der Waals surface area (Å²) in [6.45, 7) is 2.01. The van der Waals surface area contributed by atoms with Gasteiger partial charge in [-0.2, -0.15) is 5.10 Å². The third kappa shape index (κ3) is 2.16. The molecule has 0 atom stereocenters. The van der Waals surface area contributed by atoms with Crippen LogP contribution in [0.4, 0.5) is 5.69 Å². The number of nitrogens with zero attached hydrogens (tertiary/aromatic N) is 3. The van der Waals surface area contributed by atoms with Gasteiger partial charge in [0.25, 0.3) is 5.91 Å². The van der Waals surface area contributed by atoms with Crippen LogP contribution in [0.5, 0.6) is 0 Å². The summed E-state index contributed by atoms with van der Waals surface area (Å²) >= 11 is 0. The number of nitrogens with one attached hydrogen (secondary N) is 2. The molecule has 0 aliphatic rings. The third-order valence-electron chi connectivity index (χ3n) is 3.17. The summed E-state index contributed by atoms with van der Waals surface area (Å²) in [5.41, 5.74) is 3.91. The highest BCUT2D eigenvalue weighted by molar-refractivity contribution is 6.06. The summed E-state index contributed by atoms with van der Waals surface area (Å²) in [7, 11) is 1.84. The summed E-state index contributed by atoms with van der Waals surface area (Å²) < 4.78 is 1.70. The van der Waals surface area contributed by atoms with Gasteiger partial charge in [0, 0.05) is 18.8 Å². The number of aryl methyl sites for hydroxylation is 2. The van der Waals surface area contributed by atoms with Gasteiger partial charge in [-0.3, -0.25) is 9.48 Å². The van der Waals surface area contributed by atoms with E-state index in [1.807, 2.05) is 26.2 Å². The van der Waals surface area contributed by atoms with Gasteiger partial charge in [-0.15, -0.1) is 0 Å². The van der Waals surface area contributed by atoms with E-state index >= 15 is 0 Å². The van der Waals surface area contributed by atoms with Gasteiger partial charge in [-0.05, 0) is 24.6 Å². The highest BCUT2D eigenvalue weighted by Crippen LogP contribution is 2.17. The van der Waals surface area contributed by atoms with E-state index in [0.717, 1.165) is 28.8 Å². The number of anilines is 1. The zero-order chi connectivity index (χ0) is 14.1. The third-order valence-corrected chi connectivity index (χ3v) is 3.17. The van der Waals surface area contributed by atoms with E-state index < -0.39 is 0 Å². The summed E-state index contributed by atoms with van der Waals surface area (Å²) in [4.78, 5) is 19.4. The number of aromatic amines is 1. The van der Waals surface area contributed by atoms with Crippen molar-refractivity contribution in [3.8, 4) is 0 Å². The Bertz CT molecular complexity index is 771. The van der Waals surface area contributed by atoms with Crippen LogP contribution >= 0.6 is 0 Å². The Hall–Kier alpha value is -2.63. The molecule has 0 bridgehead atoms. The fourth-order valence-electron chi connectivity index (χ4n) is 2.17. The minimum absolute atomic E-state index is 0.149. The highest BCUT2D eigenvalue weighted by Gasteiger charge is 2.12. The van der Waals surface area contributed by atoms with E-state index in [0.29, 0.717) is 5.56 Å². The summed E-state index contributed by atoms with van der Waals surface area (Å²) in [6.07, 6.45) is 4.20. The first-order chi connectivity index (χ1) is 9.67. The molecule has 102 valence electrons. The molecule has 1 aromatic carbocycles. The average molecular weight is 269 g/mol. The van der Waals surface area contributed by atoms with Crippen LogP contribution in [-0.4, -0.2) is 25.7 Å². The number of carbonyl (C=O) groups excluding carboxylic acids is 1. The molecule has 2 N–H and O–H groups in total. The van der Waals surface area contributed by atoms with Crippen LogP contribution in [0.15, 0.2) is 30.7 Å². The standard InChI is InChI=1S/C14H15N5O/c1-3-10-13(7-19(2)18-10)17-14(20)9-4-5-11-12(6-9)16-8-15-11/h4-8H,3H2,1-2H3,(H,15,16)(H,17,20). The van der Waals surface area contributed by atoms with E-state index in [4.69, 9.17) is 0 Å². The van der Waals surface area contributed by atoms with Crippen molar-refractivity contribution in [3.05, 3.63) is 42.0 Å². The SMILES string of the molecule is CCc1nn(C)cc1NC(=O)c1ccc2nc[nH]c2c1. The predicted octanol–water partition coefficient (Wildman–Crippen LogP) is 2.11. The van der Waals surface area contributed by atoms with E-state index in [1.54, 1.807) is 23.1 Å². The second-order valence-electron chi connectivity index (χ2n) is 4.61. The van der Waals surface area contributed by atoms with Crippen molar-refractivity contribution in [1.82, 2.24) is 19.7 Å². The number of imidazole rings is 1. The lowest BCUT2D eigenvalue weighted by atomic mass is 10.2. The number of rotatable bonds is 3. The molecular formula is C14H15N5O.